The molecule has 0 amide bonds. The van der Waals surface area contributed by atoms with Crippen LogP contribution in [-0.2, 0) is 0 Å². The van der Waals surface area contributed by atoms with Crippen molar-refractivity contribution in [2.75, 3.05) is 11.9 Å². The summed E-state index contributed by atoms with van der Waals surface area (Å²) in [5, 5.41) is 9.60. The number of rotatable bonds is 3. The SMILES string of the molecule is CN(c1nc(Cl)ccc1C(=O)O)C1CCC(C)(C)CC1. The van der Waals surface area contributed by atoms with E-state index in [9.17, 15) is 9.90 Å². The normalized spacial score (nSPS) is 18.8. The van der Waals surface area contributed by atoms with Gasteiger partial charge in [0.15, 0.2) is 0 Å². The topological polar surface area (TPSA) is 53.4 Å². The summed E-state index contributed by atoms with van der Waals surface area (Å²) in [4.78, 5) is 17.5. The van der Waals surface area contributed by atoms with Crippen LogP contribution in [0.2, 0.25) is 5.15 Å². The van der Waals surface area contributed by atoms with Gasteiger partial charge in [0, 0.05) is 13.1 Å². The summed E-state index contributed by atoms with van der Waals surface area (Å²) in [5.41, 5.74) is 0.594. The highest BCUT2D eigenvalue weighted by molar-refractivity contribution is 6.29. The van der Waals surface area contributed by atoms with Gasteiger partial charge in [0.05, 0.1) is 0 Å². The largest absolute Gasteiger partial charge is 0.478 e. The summed E-state index contributed by atoms with van der Waals surface area (Å²) in [6, 6.07) is 3.37. The van der Waals surface area contributed by atoms with Gasteiger partial charge >= 0.3 is 5.97 Å². The molecule has 0 unspecified atom stereocenters. The molecule has 0 bridgehead atoms. The smallest absolute Gasteiger partial charge is 0.339 e. The Morgan fingerprint density at radius 1 is 1.40 bits per heavy atom. The summed E-state index contributed by atoms with van der Waals surface area (Å²) in [6.45, 7) is 4.56. The minimum Gasteiger partial charge on any atom is -0.478 e. The van der Waals surface area contributed by atoms with Gasteiger partial charge in [-0.15, -0.1) is 0 Å². The number of carbonyl (C=O) groups is 1. The predicted molar refractivity (Wildman–Crippen MR) is 80.6 cm³/mol. The molecule has 1 aromatic rings. The highest BCUT2D eigenvalue weighted by Gasteiger charge is 2.30. The van der Waals surface area contributed by atoms with Gasteiger partial charge in [0.2, 0.25) is 0 Å². The third-order valence-electron chi connectivity index (χ3n) is 4.26. The standard InChI is InChI=1S/C15H21ClN2O2/c1-15(2)8-6-10(7-9-15)18(3)13-11(14(19)20)4-5-12(16)17-13/h4-5,10H,6-9H2,1-3H3,(H,19,20). The number of nitrogens with zero attached hydrogens (tertiary/aromatic N) is 2. The molecule has 1 saturated carbocycles. The van der Waals surface area contributed by atoms with E-state index in [1.165, 1.54) is 12.1 Å². The number of anilines is 1. The lowest BCUT2D eigenvalue weighted by atomic mass is 9.75. The van der Waals surface area contributed by atoms with E-state index in [4.69, 9.17) is 11.6 Å². The maximum Gasteiger partial charge on any atom is 0.339 e. The van der Waals surface area contributed by atoms with E-state index in [0.29, 0.717) is 22.4 Å². The van der Waals surface area contributed by atoms with Crippen LogP contribution in [0, 0.1) is 5.41 Å². The van der Waals surface area contributed by atoms with Gasteiger partial charge < -0.3 is 10.0 Å². The molecule has 0 aliphatic heterocycles. The first-order valence-corrected chi connectivity index (χ1v) is 7.31. The third kappa shape index (κ3) is 3.23. The minimum atomic E-state index is -0.966. The van der Waals surface area contributed by atoms with Crippen molar-refractivity contribution in [1.82, 2.24) is 4.98 Å². The monoisotopic (exact) mass is 296 g/mol. The van der Waals surface area contributed by atoms with Crippen molar-refractivity contribution in [3.05, 3.63) is 22.8 Å². The highest BCUT2D eigenvalue weighted by atomic mass is 35.5. The minimum absolute atomic E-state index is 0.210. The first kappa shape index (κ1) is 15.1. The first-order chi connectivity index (χ1) is 9.30. The second kappa shape index (κ2) is 5.60. The van der Waals surface area contributed by atoms with Crippen LogP contribution in [0.25, 0.3) is 0 Å². The van der Waals surface area contributed by atoms with Crippen molar-refractivity contribution in [3.8, 4) is 0 Å². The van der Waals surface area contributed by atoms with E-state index in [1.807, 2.05) is 11.9 Å². The molecule has 1 N–H and O–H groups in total. The van der Waals surface area contributed by atoms with Crippen LogP contribution in [0.5, 0.6) is 0 Å². The van der Waals surface area contributed by atoms with Gasteiger partial charge in [0.25, 0.3) is 0 Å². The Balaban J connectivity index is 2.23. The molecule has 0 radical (unpaired) electrons. The lowest BCUT2D eigenvalue weighted by Crippen LogP contribution is -2.38. The van der Waals surface area contributed by atoms with Gasteiger partial charge in [-0.2, -0.15) is 0 Å². The Labute approximate surface area is 124 Å². The molecule has 1 aromatic heterocycles. The molecular formula is C15H21ClN2O2. The Morgan fingerprint density at radius 3 is 2.55 bits per heavy atom. The lowest BCUT2D eigenvalue weighted by Gasteiger charge is -2.39. The predicted octanol–water partition coefficient (Wildman–Crippen LogP) is 3.84. The summed E-state index contributed by atoms with van der Waals surface area (Å²) >= 11 is 5.92. The average Bonchev–Trinajstić information content (AvgIpc) is 2.37. The maximum absolute atomic E-state index is 11.3. The number of carboxylic acids is 1. The van der Waals surface area contributed by atoms with Gasteiger partial charge in [-0.1, -0.05) is 25.4 Å². The second-order valence-corrected chi connectivity index (χ2v) is 6.70. The molecular weight excluding hydrogens is 276 g/mol. The molecule has 110 valence electrons. The molecule has 5 heteroatoms. The van der Waals surface area contributed by atoms with E-state index in [-0.39, 0.29) is 5.56 Å². The highest BCUT2D eigenvalue weighted by Crippen LogP contribution is 2.38. The fraction of sp³-hybridized carbons (Fsp3) is 0.600. The Morgan fingerprint density at radius 2 is 2.00 bits per heavy atom. The van der Waals surface area contributed by atoms with Crippen molar-refractivity contribution in [1.29, 1.82) is 0 Å². The Kier molecular flexibility index (Phi) is 4.23. The number of hydrogen-bond donors (Lipinski definition) is 1. The van der Waals surface area contributed by atoms with E-state index in [0.717, 1.165) is 25.7 Å². The molecule has 0 atom stereocenters. The number of carboxylic acid groups (broad SMARTS) is 1. The second-order valence-electron chi connectivity index (χ2n) is 6.32. The van der Waals surface area contributed by atoms with Crippen LogP contribution < -0.4 is 4.90 Å². The number of pyridine rings is 1. The van der Waals surface area contributed by atoms with Gasteiger partial charge in [-0.05, 0) is 43.2 Å². The van der Waals surface area contributed by atoms with Crippen LogP contribution in [-0.4, -0.2) is 29.1 Å². The molecule has 1 aliphatic rings. The number of aromatic nitrogens is 1. The molecule has 0 aromatic carbocycles. The van der Waals surface area contributed by atoms with Gasteiger partial charge in [-0.3, -0.25) is 0 Å². The van der Waals surface area contributed by atoms with E-state index in [1.54, 1.807) is 0 Å². The first-order valence-electron chi connectivity index (χ1n) is 6.93. The summed E-state index contributed by atoms with van der Waals surface area (Å²) in [5.74, 6) is -0.498. The molecule has 1 aliphatic carbocycles. The van der Waals surface area contributed by atoms with Crippen molar-refractivity contribution < 1.29 is 9.90 Å². The van der Waals surface area contributed by atoms with Crippen LogP contribution in [0.4, 0.5) is 5.82 Å². The summed E-state index contributed by atoms with van der Waals surface area (Å²) < 4.78 is 0. The van der Waals surface area contributed by atoms with Crippen LogP contribution in [0.1, 0.15) is 49.9 Å². The van der Waals surface area contributed by atoms with E-state index < -0.39 is 5.97 Å². The number of hydrogen-bond acceptors (Lipinski definition) is 3. The molecule has 4 nitrogen and oxygen atoms in total. The molecule has 0 spiro atoms. The quantitative estimate of drug-likeness (QED) is 0.861. The fourth-order valence-corrected chi connectivity index (χ4v) is 2.95. The van der Waals surface area contributed by atoms with E-state index >= 15 is 0 Å². The maximum atomic E-state index is 11.3. The third-order valence-corrected chi connectivity index (χ3v) is 4.47. The zero-order valence-corrected chi connectivity index (χ0v) is 12.9. The van der Waals surface area contributed by atoms with Crippen molar-refractivity contribution >= 4 is 23.4 Å². The fourth-order valence-electron chi connectivity index (χ4n) is 2.81. The van der Waals surface area contributed by atoms with Crippen LogP contribution >= 0.6 is 11.6 Å². The van der Waals surface area contributed by atoms with Crippen molar-refractivity contribution in [3.63, 3.8) is 0 Å². The van der Waals surface area contributed by atoms with Crippen LogP contribution in [0.15, 0.2) is 12.1 Å². The van der Waals surface area contributed by atoms with Gasteiger partial charge in [-0.25, -0.2) is 9.78 Å². The van der Waals surface area contributed by atoms with Crippen molar-refractivity contribution in [2.45, 2.75) is 45.6 Å². The lowest BCUT2D eigenvalue weighted by molar-refractivity contribution is 0.0697. The average molecular weight is 297 g/mol. The molecule has 2 rings (SSSR count). The zero-order valence-electron chi connectivity index (χ0n) is 12.2. The van der Waals surface area contributed by atoms with Crippen LogP contribution in [0.3, 0.4) is 0 Å². The molecule has 1 heterocycles. The number of aromatic carboxylic acids is 1. The molecule has 20 heavy (non-hydrogen) atoms. The van der Waals surface area contributed by atoms with E-state index in [2.05, 4.69) is 18.8 Å². The Hall–Kier alpha value is -1.29. The molecule has 1 fully saturated rings. The number of halogens is 1. The molecule has 0 saturated heterocycles. The van der Waals surface area contributed by atoms with Crippen molar-refractivity contribution in [2.24, 2.45) is 5.41 Å². The summed E-state index contributed by atoms with van der Waals surface area (Å²) in [7, 11) is 1.91. The Bertz CT molecular complexity index is 507. The summed E-state index contributed by atoms with van der Waals surface area (Å²) in [6.07, 6.45) is 4.39. The van der Waals surface area contributed by atoms with Gasteiger partial charge in [0.1, 0.15) is 16.5 Å². The zero-order chi connectivity index (χ0) is 14.9.